The van der Waals surface area contributed by atoms with Gasteiger partial charge in [0.25, 0.3) is 0 Å². The summed E-state index contributed by atoms with van der Waals surface area (Å²) in [7, 11) is 1.64. The Morgan fingerprint density at radius 1 is 0.900 bits per heavy atom. The second-order valence-electron chi connectivity index (χ2n) is 6.95. The van der Waals surface area contributed by atoms with E-state index in [-0.39, 0.29) is 0 Å². The number of rotatable bonds is 7. The Kier molecular flexibility index (Phi) is 7.28. The molecule has 0 saturated heterocycles. The maximum Gasteiger partial charge on any atom is 0.225 e. The quantitative estimate of drug-likeness (QED) is 0.252. The average molecular weight is 402 g/mol. The molecule has 4 heteroatoms. The Hall–Kier alpha value is -3.53. The van der Waals surface area contributed by atoms with Gasteiger partial charge in [0, 0.05) is 5.57 Å². The molecule has 0 fully saturated rings. The molecule has 0 amide bonds. The van der Waals surface area contributed by atoms with Gasteiger partial charge in [0.2, 0.25) is 5.90 Å². The predicted octanol–water partition coefficient (Wildman–Crippen LogP) is 6.66. The van der Waals surface area contributed by atoms with E-state index in [0.29, 0.717) is 5.90 Å². The number of aryl methyl sites for hydroxylation is 2. The molecular weight excluding hydrogens is 374 g/mol. The van der Waals surface area contributed by atoms with Crippen LogP contribution in [0.1, 0.15) is 25.0 Å². The van der Waals surface area contributed by atoms with Crippen molar-refractivity contribution in [2.45, 2.75) is 27.2 Å². The van der Waals surface area contributed by atoms with Gasteiger partial charge in [-0.25, -0.2) is 4.99 Å². The Labute approximate surface area is 178 Å². The first-order valence-electron chi connectivity index (χ1n) is 9.97. The van der Waals surface area contributed by atoms with Crippen LogP contribution in [0.3, 0.4) is 0 Å². The van der Waals surface area contributed by atoms with Crippen LogP contribution in [0.2, 0.25) is 0 Å². The summed E-state index contributed by atoms with van der Waals surface area (Å²) in [6.45, 7) is 6.07. The van der Waals surface area contributed by atoms with Crippen molar-refractivity contribution in [1.29, 1.82) is 0 Å². The van der Waals surface area contributed by atoms with Gasteiger partial charge < -0.3 is 14.2 Å². The van der Waals surface area contributed by atoms with Gasteiger partial charge in [-0.05, 0) is 79.9 Å². The van der Waals surface area contributed by atoms with Crippen LogP contribution in [-0.4, -0.2) is 13.0 Å². The number of benzene rings is 3. The fourth-order valence-electron chi connectivity index (χ4n) is 2.80. The first-order valence-corrected chi connectivity index (χ1v) is 9.97. The maximum atomic E-state index is 6.16. The lowest BCUT2D eigenvalue weighted by Crippen LogP contribution is -2.11. The van der Waals surface area contributed by atoms with Gasteiger partial charge in [-0.2, -0.15) is 0 Å². The Bertz CT molecular complexity index is 1040. The van der Waals surface area contributed by atoms with E-state index in [2.05, 4.69) is 13.0 Å². The number of aliphatic imine (C=N–C) groups is 1. The van der Waals surface area contributed by atoms with Crippen LogP contribution in [0.4, 0.5) is 5.69 Å². The smallest absolute Gasteiger partial charge is 0.225 e. The molecule has 0 aliphatic heterocycles. The summed E-state index contributed by atoms with van der Waals surface area (Å²) in [5.41, 5.74) is 3.88. The Morgan fingerprint density at radius 3 is 2.33 bits per heavy atom. The Balaban J connectivity index is 1.90. The van der Waals surface area contributed by atoms with Gasteiger partial charge in [-0.1, -0.05) is 31.2 Å². The third-order valence-electron chi connectivity index (χ3n) is 4.52. The molecule has 154 valence electrons. The number of hydrogen-bond donors (Lipinski definition) is 0. The summed E-state index contributed by atoms with van der Waals surface area (Å²) in [6, 6.07) is 23.4. The van der Waals surface area contributed by atoms with Crippen molar-refractivity contribution in [2.75, 3.05) is 7.11 Å². The highest BCUT2D eigenvalue weighted by Crippen LogP contribution is 2.22. The molecule has 0 spiro atoms. The van der Waals surface area contributed by atoms with E-state index in [9.17, 15) is 0 Å². The van der Waals surface area contributed by atoms with Crippen molar-refractivity contribution in [3.63, 3.8) is 0 Å². The molecule has 3 aromatic carbocycles. The molecule has 4 nitrogen and oxygen atoms in total. The van der Waals surface area contributed by atoms with Gasteiger partial charge in [0.1, 0.15) is 17.2 Å². The number of hydrogen-bond acceptors (Lipinski definition) is 4. The van der Waals surface area contributed by atoms with E-state index in [4.69, 9.17) is 19.2 Å². The fraction of sp³-hybridized carbons (Fsp3) is 0.192. The molecule has 0 N–H and O–H groups in total. The summed E-state index contributed by atoms with van der Waals surface area (Å²) in [4.78, 5) is 4.71. The van der Waals surface area contributed by atoms with Crippen LogP contribution in [0.25, 0.3) is 0 Å². The van der Waals surface area contributed by atoms with Crippen molar-refractivity contribution in [2.24, 2.45) is 4.99 Å². The van der Waals surface area contributed by atoms with Gasteiger partial charge in [-0.15, -0.1) is 0 Å². The normalized spacial score (nSPS) is 11.9. The van der Waals surface area contributed by atoms with Crippen molar-refractivity contribution < 1.29 is 14.2 Å². The summed E-state index contributed by atoms with van der Waals surface area (Å²) < 4.78 is 17.2. The van der Waals surface area contributed by atoms with E-state index in [1.807, 2.05) is 80.6 Å². The molecule has 0 bridgehead atoms. The zero-order chi connectivity index (χ0) is 21.3. The highest BCUT2D eigenvalue weighted by molar-refractivity contribution is 5.96. The minimum atomic E-state index is 0.473. The zero-order valence-electron chi connectivity index (χ0n) is 17.9. The average Bonchev–Trinajstić information content (AvgIpc) is 2.77. The largest absolute Gasteiger partial charge is 0.497 e. The second kappa shape index (κ2) is 10.3. The van der Waals surface area contributed by atoms with Crippen LogP contribution >= 0.6 is 0 Å². The summed E-state index contributed by atoms with van der Waals surface area (Å²) in [5.74, 6) is 2.76. The van der Waals surface area contributed by atoms with E-state index in [0.717, 1.165) is 40.5 Å². The van der Waals surface area contributed by atoms with Gasteiger partial charge in [0.05, 0.1) is 19.1 Å². The second-order valence-corrected chi connectivity index (χ2v) is 6.95. The molecule has 0 aliphatic carbocycles. The summed E-state index contributed by atoms with van der Waals surface area (Å²) in [6.07, 6.45) is 2.61. The lowest BCUT2D eigenvalue weighted by Gasteiger charge is -2.11. The van der Waals surface area contributed by atoms with Gasteiger partial charge in [0.15, 0.2) is 0 Å². The molecule has 3 aromatic rings. The Morgan fingerprint density at radius 2 is 1.63 bits per heavy atom. The predicted molar refractivity (Wildman–Crippen MR) is 122 cm³/mol. The van der Waals surface area contributed by atoms with Crippen LogP contribution in [-0.2, 0) is 6.42 Å². The minimum Gasteiger partial charge on any atom is -0.497 e. The number of methoxy groups -OCH3 is 1. The summed E-state index contributed by atoms with van der Waals surface area (Å²) in [5, 5.41) is 0. The van der Waals surface area contributed by atoms with Crippen molar-refractivity contribution >= 4 is 11.6 Å². The van der Waals surface area contributed by atoms with E-state index < -0.39 is 0 Å². The fourth-order valence-corrected chi connectivity index (χ4v) is 2.80. The third-order valence-corrected chi connectivity index (χ3v) is 4.52. The van der Waals surface area contributed by atoms with Crippen LogP contribution < -0.4 is 14.2 Å². The molecular formula is C26H27NO3. The maximum absolute atomic E-state index is 6.16. The van der Waals surface area contributed by atoms with Crippen LogP contribution in [0, 0.1) is 6.92 Å². The SMILES string of the molecule is CCc1cccc(OC(=N/c2ccc(OC)cc2)/C(C)=C/Oc2cccc(C)c2)c1. The standard InChI is InChI=1S/C26H27NO3/c1-5-21-9-7-11-25(17-21)30-26(27-22-12-14-23(28-4)15-13-22)20(3)18-29-24-10-6-8-19(2)16-24/h6-18H,5H2,1-4H3/b20-18+,27-26+. The molecule has 0 radical (unpaired) electrons. The minimum absolute atomic E-state index is 0.473. The first kappa shape index (κ1) is 21.2. The lowest BCUT2D eigenvalue weighted by molar-refractivity contribution is 0.415. The van der Waals surface area contributed by atoms with E-state index in [1.165, 1.54) is 5.56 Å². The molecule has 3 rings (SSSR count). The van der Waals surface area contributed by atoms with E-state index in [1.54, 1.807) is 13.4 Å². The zero-order valence-corrected chi connectivity index (χ0v) is 17.9. The molecule has 0 heterocycles. The monoisotopic (exact) mass is 401 g/mol. The molecule has 0 saturated carbocycles. The summed E-state index contributed by atoms with van der Waals surface area (Å²) >= 11 is 0. The molecule has 0 aliphatic rings. The van der Waals surface area contributed by atoms with Gasteiger partial charge in [-0.3, -0.25) is 0 Å². The lowest BCUT2D eigenvalue weighted by atomic mass is 10.2. The van der Waals surface area contributed by atoms with Crippen molar-refractivity contribution in [3.05, 3.63) is 95.8 Å². The molecule has 30 heavy (non-hydrogen) atoms. The van der Waals surface area contributed by atoms with Crippen LogP contribution in [0.15, 0.2) is 89.6 Å². The molecule has 0 aromatic heterocycles. The highest BCUT2D eigenvalue weighted by atomic mass is 16.5. The first-order chi connectivity index (χ1) is 14.6. The molecule has 0 atom stereocenters. The van der Waals surface area contributed by atoms with Gasteiger partial charge >= 0.3 is 0 Å². The number of nitrogens with zero attached hydrogens (tertiary/aromatic N) is 1. The van der Waals surface area contributed by atoms with Crippen molar-refractivity contribution in [1.82, 2.24) is 0 Å². The highest BCUT2D eigenvalue weighted by Gasteiger charge is 2.09. The topological polar surface area (TPSA) is 40.0 Å². The van der Waals surface area contributed by atoms with Crippen molar-refractivity contribution in [3.8, 4) is 17.2 Å². The van der Waals surface area contributed by atoms with Crippen LogP contribution in [0.5, 0.6) is 17.2 Å². The molecule has 0 unspecified atom stereocenters. The third kappa shape index (κ3) is 5.98. The number of ether oxygens (including phenoxy) is 3. The van der Waals surface area contributed by atoms with E-state index >= 15 is 0 Å².